The van der Waals surface area contributed by atoms with Crippen LogP contribution in [0.5, 0.6) is 0 Å². The van der Waals surface area contributed by atoms with E-state index in [4.69, 9.17) is 0 Å². The van der Waals surface area contributed by atoms with Crippen LogP contribution in [-0.4, -0.2) is 52.6 Å². The van der Waals surface area contributed by atoms with Gasteiger partial charge < -0.3 is 9.80 Å². The number of amides is 2. The third-order valence-corrected chi connectivity index (χ3v) is 5.38. The van der Waals surface area contributed by atoms with E-state index in [1.54, 1.807) is 9.80 Å². The lowest BCUT2D eigenvalue weighted by atomic mass is 9.70. The monoisotopic (exact) mass is 316 g/mol. The van der Waals surface area contributed by atoms with Gasteiger partial charge in [-0.3, -0.25) is 9.59 Å². The van der Waals surface area contributed by atoms with Gasteiger partial charge in [0.2, 0.25) is 0 Å². The molecule has 0 aromatic rings. The van der Waals surface area contributed by atoms with Gasteiger partial charge in [-0.1, -0.05) is 22.4 Å². The Morgan fingerprint density at radius 3 is 2.33 bits per heavy atom. The molecule has 1 heterocycles. The smallest absolute Gasteiger partial charge is 0.312 e. The van der Waals surface area contributed by atoms with Crippen LogP contribution in [0.2, 0.25) is 0 Å². The Kier molecular flexibility index (Phi) is 3.99. The van der Waals surface area contributed by atoms with E-state index < -0.39 is 0 Å². The molecule has 0 radical (unpaired) electrons. The molecule has 18 heavy (non-hydrogen) atoms. The second-order valence-electron chi connectivity index (χ2n) is 5.81. The predicted molar refractivity (Wildman–Crippen MR) is 73.5 cm³/mol. The summed E-state index contributed by atoms with van der Waals surface area (Å²) in [6, 6.07) is 0.109. The Hall–Kier alpha value is -0.580. The van der Waals surface area contributed by atoms with Gasteiger partial charge in [0.25, 0.3) is 0 Å². The number of rotatable bonds is 4. The Labute approximate surface area is 117 Å². The molecule has 0 atom stereocenters. The van der Waals surface area contributed by atoms with Crippen molar-refractivity contribution < 1.29 is 9.59 Å². The van der Waals surface area contributed by atoms with Crippen molar-refractivity contribution in [2.45, 2.75) is 39.2 Å². The van der Waals surface area contributed by atoms with Crippen LogP contribution in [0.25, 0.3) is 0 Å². The maximum atomic E-state index is 12.1. The van der Waals surface area contributed by atoms with E-state index in [1.807, 2.05) is 13.8 Å². The topological polar surface area (TPSA) is 40.6 Å². The molecule has 2 fully saturated rings. The first-order chi connectivity index (χ1) is 8.49. The van der Waals surface area contributed by atoms with Gasteiger partial charge in [0.1, 0.15) is 0 Å². The van der Waals surface area contributed by atoms with Crippen molar-refractivity contribution in [1.29, 1.82) is 0 Å². The average molecular weight is 317 g/mol. The summed E-state index contributed by atoms with van der Waals surface area (Å²) in [4.78, 5) is 27.5. The molecule has 0 spiro atoms. The van der Waals surface area contributed by atoms with Gasteiger partial charge in [-0.25, -0.2) is 0 Å². The van der Waals surface area contributed by atoms with Crippen molar-refractivity contribution in [3.63, 3.8) is 0 Å². The number of piperazine rings is 1. The van der Waals surface area contributed by atoms with Gasteiger partial charge >= 0.3 is 11.8 Å². The minimum atomic E-state index is -0.333. The van der Waals surface area contributed by atoms with E-state index >= 15 is 0 Å². The van der Waals surface area contributed by atoms with E-state index in [0.717, 1.165) is 24.7 Å². The zero-order valence-corrected chi connectivity index (χ0v) is 12.7. The lowest BCUT2D eigenvalue weighted by molar-refractivity contribution is -0.158. The second kappa shape index (κ2) is 5.19. The summed E-state index contributed by atoms with van der Waals surface area (Å²) in [6.45, 7) is 5.98. The van der Waals surface area contributed by atoms with Crippen LogP contribution in [-0.2, 0) is 9.59 Å². The zero-order valence-electron chi connectivity index (χ0n) is 11.1. The molecule has 102 valence electrons. The molecule has 2 amide bonds. The quantitative estimate of drug-likeness (QED) is 0.584. The van der Waals surface area contributed by atoms with Crippen molar-refractivity contribution >= 4 is 27.7 Å². The first kappa shape index (κ1) is 13.8. The highest BCUT2D eigenvalue weighted by molar-refractivity contribution is 9.09. The Morgan fingerprint density at radius 1 is 1.22 bits per heavy atom. The Bertz CT molecular complexity index is 347. The minimum Gasteiger partial charge on any atom is -0.332 e. The summed E-state index contributed by atoms with van der Waals surface area (Å²) in [5.41, 5.74) is 0.218. The summed E-state index contributed by atoms with van der Waals surface area (Å²) in [5, 5.41) is 0.922. The average Bonchev–Trinajstić information content (AvgIpc) is 2.28. The molecular weight excluding hydrogens is 296 g/mol. The number of hydrogen-bond donors (Lipinski definition) is 0. The number of alkyl halides is 1. The van der Waals surface area contributed by atoms with Gasteiger partial charge in [0.15, 0.2) is 0 Å². The van der Waals surface area contributed by atoms with Crippen LogP contribution in [0.3, 0.4) is 0 Å². The van der Waals surface area contributed by atoms with Crippen LogP contribution in [0.15, 0.2) is 0 Å². The maximum absolute atomic E-state index is 12.1. The number of carbonyl (C=O) groups excluding carboxylic acids is 2. The lowest BCUT2D eigenvalue weighted by Crippen LogP contribution is -2.59. The summed E-state index contributed by atoms with van der Waals surface area (Å²) < 4.78 is 0. The van der Waals surface area contributed by atoms with Gasteiger partial charge in [-0.05, 0) is 32.1 Å². The molecule has 0 N–H and O–H groups in total. The molecule has 0 aromatic heterocycles. The summed E-state index contributed by atoms with van der Waals surface area (Å²) in [5.74, 6) is -0.650. The fourth-order valence-corrected chi connectivity index (χ4v) is 3.49. The van der Waals surface area contributed by atoms with E-state index in [1.165, 1.54) is 6.42 Å². The number of carbonyl (C=O) groups is 2. The standard InChI is InChI=1S/C13H21BrN2O2/c1-10(2)16-7-6-15(11(17)12(16)18)9-13(8-14)4-3-5-13/h10H,3-9H2,1-2H3. The van der Waals surface area contributed by atoms with Crippen molar-refractivity contribution in [2.24, 2.45) is 5.41 Å². The molecule has 1 saturated carbocycles. The first-order valence-electron chi connectivity index (χ1n) is 6.65. The number of nitrogens with zero attached hydrogens (tertiary/aromatic N) is 2. The third-order valence-electron chi connectivity index (χ3n) is 4.19. The van der Waals surface area contributed by atoms with Crippen molar-refractivity contribution in [3.05, 3.63) is 0 Å². The normalized spacial score (nSPS) is 23.6. The highest BCUT2D eigenvalue weighted by Gasteiger charge is 2.42. The van der Waals surface area contributed by atoms with Crippen LogP contribution in [0.4, 0.5) is 0 Å². The van der Waals surface area contributed by atoms with Crippen LogP contribution in [0, 0.1) is 5.41 Å². The number of hydrogen-bond acceptors (Lipinski definition) is 2. The minimum absolute atomic E-state index is 0.109. The molecule has 1 aliphatic heterocycles. The Morgan fingerprint density at radius 2 is 1.89 bits per heavy atom. The van der Waals surface area contributed by atoms with Gasteiger partial charge in [-0.2, -0.15) is 0 Å². The van der Waals surface area contributed by atoms with Crippen LogP contribution >= 0.6 is 15.9 Å². The molecule has 2 aliphatic rings. The lowest BCUT2D eigenvalue weighted by Gasteiger charge is -2.46. The van der Waals surface area contributed by atoms with Gasteiger partial charge in [0.05, 0.1) is 0 Å². The van der Waals surface area contributed by atoms with Gasteiger partial charge in [0, 0.05) is 31.0 Å². The van der Waals surface area contributed by atoms with Crippen LogP contribution in [0.1, 0.15) is 33.1 Å². The molecule has 0 bridgehead atoms. The Balaban J connectivity index is 2.00. The van der Waals surface area contributed by atoms with Gasteiger partial charge in [-0.15, -0.1) is 0 Å². The van der Waals surface area contributed by atoms with E-state index in [-0.39, 0.29) is 23.3 Å². The summed E-state index contributed by atoms with van der Waals surface area (Å²) in [7, 11) is 0. The van der Waals surface area contributed by atoms with Crippen molar-refractivity contribution in [2.75, 3.05) is 25.0 Å². The molecule has 4 nitrogen and oxygen atoms in total. The summed E-state index contributed by atoms with van der Waals surface area (Å²) >= 11 is 3.55. The highest BCUT2D eigenvalue weighted by Crippen LogP contribution is 2.43. The largest absolute Gasteiger partial charge is 0.332 e. The molecule has 0 unspecified atom stereocenters. The predicted octanol–water partition coefficient (Wildman–Crippen LogP) is 1.63. The van der Waals surface area contributed by atoms with E-state index in [0.29, 0.717) is 13.1 Å². The number of halogens is 1. The fraction of sp³-hybridized carbons (Fsp3) is 0.846. The maximum Gasteiger partial charge on any atom is 0.312 e. The second-order valence-corrected chi connectivity index (χ2v) is 6.37. The van der Waals surface area contributed by atoms with E-state index in [9.17, 15) is 9.59 Å². The zero-order chi connectivity index (χ0) is 13.3. The van der Waals surface area contributed by atoms with Crippen molar-refractivity contribution in [1.82, 2.24) is 9.80 Å². The molecule has 1 aliphatic carbocycles. The molecule has 1 saturated heterocycles. The van der Waals surface area contributed by atoms with Crippen molar-refractivity contribution in [3.8, 4) is 0 Å². The SMILES string of the molecule is CC(C)N1CCN(CC2(CBr)CCC2)C(=O)C1=O. The molecule has 5 heteroatoms. The fourth-order valence-electron chi connectivity index (χ4n) is 2.75. The summed E-state index contributed by atoms with van der Waals surface area (Å²) in [6.07, 6.45) is 3.55. The third kappa shape index (κ3) is 2.42. The van der Waals surface area contributed by atoms with Crippen LogP contribution < -0.4 is 0 Å². The van der Waals surface area contributed by atoms with E-state index in [2.05, 4.69) is 15.9 Å². The first-order valence-corrected chi connectivity index (χ1v) is 7.77. The molecular formula is C13H21BrN2O2. The molecule has 2 rings (SSSR count). The molecule has 0 aromatic carbocycles. The highest BCUT2D eigenvalue weighted by atomic mass is 79.9.